The van der Waals surface area contributed by atoms with Gasteiger partial charge in [-0.25, -0.2) is 9.67 Å². The summed E-state index contributed by atoms with van der Waals surface area (Å²) < 4.78 is 10.3. The molecule has 0 saturated carbocycles. The van der Waals surface area contributed by atoms with Gasteiger partial charge in [0.2, 0.25) is 0 Å². The van der Waals surface area contributed by atoms with Crippen molar-refractivity contribution in [1.29, 1.82) is 10.5 Å². The normalized spacial score (nSPS) is 11.1. The van der Waals surface area contributed by atoms with E-state index in [9.17, 15) is 10.5 Å². The van der Waals surface area contributed by atoms with Gasteiger partial charge in [-0.2, -0.15) is 15.6 Å². The second-order valence-corrected chi connectivity index (χ2v) is 11.2. The molecule has 7 heteroatoms. The minimum atomic E-state index is 0.500. The van der Waals surface area contributed by atoms with E-state index in [2.05, 4.69) is 64.0 Å². The fraction of sp³-hybridized carbons (Fsp3) is 0.105. The van der Waals surface area contributed by atoms with Crippen LogP contribution < -0.4 is 4.74 Å². The quantitative estimate of drug-likeness (QED) is 0.202. The Kier molecular flexibility index (Phi) is 6.65. The summed E-state index contributed by atoms with van der Waals surface area (Å²) in [5.74, 6) is 2.20. The van der Waals surface area contributed by atoms with E-state index in [1.54, 1.807) is 10.9 Å². The van der Waals surface area contributed by atoms with Gasteiger partial charge >= 0.3 is 0 Å². The number of ether oxygens (including phenoxy) is 1. The predicted octanol–water partition coefficient (Wildman–Crippen LogP) is 8.80. The smallest absolute Gasteiger partial charge is 0.137 e. The SMILES string of the molecule is Cc1ccnc(-n2c3ccccc3c3ccc(Oc4cccc(-n5cc(-c6c(C#N)c(C)c(C)c(C)c6C#N)cn5)c4)cc32)c1. The lowest BCUT2D eigenvalue weighted by atomic mass is 9.87. The number of hydrogen-bond acceptors (Lipinski definition) is 5. The molecule has 0 spiro atoms. The first kappa shape index (κ1) is 27.6. The molecule has 0 aliphatic heterocycles. The molecular formula is C38H28N6O. The lowest BCUT2D eigenvalue weighted by Gasteiger charge is -2.14. The summed E-state index contributed by atoms with van der Waals surface area (Å²) in [6.45, 7) is 7.86. The van der Waals surface area contributed by atoms with Crippen LogP contribution in [0.5, 0.6) is 11.5 Å². The maximum absolute atomic E-state index is 9.99. The standard InChI is InChI=1S/C38H28N6O/c1-23-14-15-41-37(16-23)44-35-11-6-5-10-31(35)32-13-12-30(18-36(32)44)45-29-9-7-8-28(17-29)43-22-27(21-42-43)38-33(19-39)25(3)24(2)26(4)34(38)20-40/h5-18,21-22H,1-4H3. The Morgan fingerprint density at radius 2 is 1.44 bits per heavy atom. The van der Waals surface area contributed by atoms with Crippen LogP contribution in [0.2, 0.25) is 0 Å². The molecule has 216 valence electrons. The zero-order chi connectivity index (χ0) is 31.2. The van der Waals surface area contributed by atoms with Crippen LogP contribution in [0.3, 0.4) is 0 Å². The van der Waals surface area contributed by atoms with Gasteiger partial charge in [-0.1, -0.05) is 24.3 Å². The van der Waals surface area contributed by atoms with Crippen LogP contribution in [-0.4, -0.2) is 19.3 Å². The van der Waals surface area contributed by atoms with E-state index in [4.69, 9.17) is 4.74 Å². The molecule has 0 radical (unpaired) electrons. The van der Waals surface area contributed by atoms with E-state index in [0.29, 0.717) is 33.8 Å². The molecule has 7 rings (SSSR count). The van der Waals surface area contributed by atoms with Gasteiger partial charge in [-0.05, 0) is 92.4 Å². The zero-order valence-corrected chi connectivity index (χ0v) is 25.3. The molecule has 45 heavy (non-hydrogen) atoms. The number of benzene rings is 4. The third-order valence-corrected chi connectivity index (χ3v) is 8.56. The van der Waals surface area contributed by atoms with Crippen LogP contribution in [0.1, 0.15) is 33.4 Å². The molecule has 0 N–H and O–H groups in total. The molecule has 3 aromatic heterocycles. The highest BCUT2D eigenvalue weighted by Gasteiger charge is 2.21. The van der Waals surface area contributed by atoms with Crippen LogP contribution in [-0.2, 0) is 0 Å². The Balaban J connectivity index is 1.26. The monoisotopic (exact) mass is 584 g/mol. The number of nitriles is 2. The van der Waals surface area contributed by atoms with Gasteiger partial charge < -0.3 is 4.74 Å². The Morgan fingerprint density at radius 3 is 2.20 bits per heavy atom. The number of rotatable bonds is 5. The second kappa shape index (κ2) is 10.8. The highest BCUT2D eigenvalue weighted by atomic mass is 16.5. The van der Waals surface area contributed by atoms with Crippen LogP contribution in [0.4, 0.5) is 0 Å². The lowest BCUT2D eigenvalue weighted by Crippen LogP contribution is -2.00. The summed E-state index contributed by atoms with van der Waals surface area (Å²) in [5.41, 5.74) is 9.05. The fourth-order valence-corrected chi connectivity index (χ4v) is 6.05. The van der Waals surface area contributed by atoms with Crippen molar-refractivity contribution in [3.05, 3.63) is 131 Å². The molecule has 0 amide bonds. The zero-order valence-electron chi connectivity index (χ0n) is 25.3. The van der Waals surface area contributed by atoms with Gasteiger partial charge in [0.25, 0.3) is 0 Å². The molecule has 0 unspecified atom stereocenters. The molecular weight excluding hydrogens is 556 g/mol. The topological polar surface area (TPSA) is 92.5 Å². The van der Waals surface area contributed by atoms with Crippen molar-refractivity contribution in [2.24, 2.45) is 0 Å². The molecule has 0 bridgehead atoms. The van der Waals surface area contributed by atoms with Gasteiger partial charge in [-0.3, -0.25) is 4.57 Å². The summed E-state index contributed by atoms with van der Waals surface area (Å²) >= 11 is 0. The third-order valence-electron chi connectivity index (χ3n) is 8.56. The largest absolute Gasteiger partial charge is 0.457 e. The number of pyridine rings is 1. The fourth-order valence-electron chi connectivity index (χ4n) is 6.05. The summed E-state index contributed by atoms with van der Waals surface area (Å²) in [6, 6.07) is 30.8. The maximum Gasteiger partial charge on any atom is 0.137 e. The summed E-state index contributed by atoms with van der Waals surface area (Å²) in [4.78, 5) is 4.68. The van der Waals surface area contributed by atoms with Crippen molar-refractivity contribution in [2.45, 2.75) is 27.7 Å². The average molecular weight is 585 g/mol. The van der Waals surface area contributed by atoms with Crippen molar-refractivity contribution in [2.75, 3.05) is 0 Å². The van der Waals surface area contributed by atoms with Crippen LogP contribution >= 0.6 is 0 Å². The maximum atomic E-state index is 9.99. The van der Waals surface area contributed by atoms with E-state index >= 15 is 0 Å². The summed E-state index contributed by atoms with van der Waals surface area (Å²) in [5, 5.41) is 26.8. The minimum Gasteiger partial charge on any atom is -0.457 e. The van der Waals surface area contributed by atoms with E-state index in [1.165, 1.54) is 0 Å². The number of fused-ring (bicyclic) bond motifs is 3. The van der Waals surface area contributed by atoms with Crippen molar-refractivity contribution < 1.29 is 4.74 Å². The molecule has 0 aliphatic rings. The molecule has 0 fully saturated rings. The van der Waals surface area contributed by atoms with Crippen LogP contribution in [0.15, 0.2) is 97.5 Å². The van der Waals surface area contributed by atoms with Crippen molar-refractivity contribution in [3.8, 4) is 46.3 Å². The minimum absolute atomic E-state index is 0.500. The van der Waals surface area contributed by atoms with Crippen molar-refractivity contribution in [1.82, 2.24) is 19.3 Å². The molecule has 0 saturated heterocycles. The van der Waals surface area contributed by atoms with Gasteiger partial charge in [-0.15, -0.1) is 0 Å². The molecule has 0 aliphatic carbocycles. The molecule has 7 aromatic rings. The third kappa shape index (κ3) is 4.59. The van der Waals surface area contributed by atoms with Crippen molar-refractivity contribution in [3.63, 3.8) is 0 Å². The highest BCUT2D eigenvalue weighted by molar-refractivity contribution is 6.09. The number of hydrogen-bond donors (Lipinski definition) is 0. The Morgan fingerprint density at radius 1 is 0.711 bits per heavy atom. The predicted molar refractivity (Wildman–Crippen MR) is 176 cm³/mol. The van der Waals surface area contributed by atoms with E-state index in [0.717, 1.165) is 55.6 Å². The number of nitrogens with zero attached hydrogens (tertiary/aromatic N) is 6. The van der Waals surface area contributed by atoms with Gasteiger partial charge in [0.05, 0.1) is 34.0 Å². The number of para-hydroxylation sites is 1. The first-order valence-electron chi connectivity index (χ1n) is 14.6. The molecule has 4 aromatic carbocycles. The Bertz CT molecular complexity index is 2340. The summed E-state index contributed by atoms with van der Waals surface area (Å²) in [6.07, 6.45) is 5.38. The first-order valence-corrected chi connectivity index (χ1v) is 14.6. The number of aryl methyl sites for hydroxylation is 1. The molecule has 7 nitrogen and oxygen atoms in total. The lowest BCUT2D eigenvalue weighted by molar-refractivity contribution is 0.483. The van der Waals surface area contributed by atoms with E-state index in [1.807, 2.05) is 81.7 Å². The van der Waals surface area contributed by atoms with Crippen molar-refractivity contribution >= 4 is 21.8 Å². The van der Waals surface area contributed by atoms with Gasteiger partial charge in [0, 0.05) is 46.4 Å². The number of aromatic nitrogens is 4. The molecule has 0 atom stereocenters. The van der Waals surface area contributed by atoms with E-state index < -0.39 is 0 Å². The second-order valence-electron chi connectivity index (χ2n) is 11.2. The molecule has 3 heterocycles. The van der Waals surface area contributed by atoms with E-state index in [-0.39, 0.29) is 0 Å². The van der Waals surface area contributed by atoms with Gasteiger partial charge in [0.1, 0.15) is 29.5 Å². The van der Waals surface area contributed by atoms with Crippen LogP contribution in [0, 0.1) is 50.4 Å². The Labute approximate surface area is 260 Å². The Hall–Kier alpha value is -6.18. The van der Waals surface area contributed by atoms with Gasteiger partial charge in [0.15, 0.2) is 0 Å². The van der Waals surface area contributed by atoms with Crippen LogP contribution in [0.25, 0.3) is 44.4 Å². The first-order chi connectivity index (χ1) is 21.9. The average Bonchev–Trinajstić information content (AvgIpc) is 3.67. The summed E-state index contributed by atoms with van der Waals surface area (Å²) in [7, 11) is 0. The highest BCUT2D eigenvalue weighted by Crippen LogP contribution is 2.37.